The molecule has 5 heteroatoms. The zero-order valence-corrected chi connectivity index (χ0v) is 13.4. The molecule has 1 atom stereocenters. The summed E-state index contributed by atoms with van der Waals surface area (Å²) in [5.41, 5.74) is 0.834. The van der Waals surface area contributed by atoms with Gasteiger partial charge in [0.1, 0.15) is 10.5 Å². The van der Waals surface area contributed by atoms with E-state index in [1.54, 1.807) is 0 Å². The lowest BCUT2D eigenvalue weighted by molar-refractivity contribution is 0.265. The van der Waals surface area contributed by atoms with Gasteiger partial charge in [-0.25, -0.2) is 4.98 Å². The maximum Gasteiger partial charge on any atom is 0.268 e. The van der Waals surface area contributed by atoms with Gasteiger partial charge in [0.25, 0.3) is 5.56 Å². The minimum absolute atomic E-state index is 0.00341. The van der Waals surface area contributed by atoms with Gasteiger partial charge in [0.2, 0.25) is 0 Å². The fourth-order valence-electron chi connectivity index (χ4n) is 3.29. The van der Waals surface area contributed by atoms with E-state index in [1.165, 1.54) is 43.4 Å². The highest BCUT2D eigenvalue weighted by Gasteiger charge is 2.17. The highest BCUT2D eigenvalue weighted by Crippen LogP contribution is 2.22. The molecular weight excluding hydrogens is 282 g/mol. The van der Waals surface area contributed by atoms with Crippen molar-refractivity contribution in [1.82, 2.24) is 14.9 Å². The molecule has 1 N–H and O–H groups in total. The van der Waals surface area contributed by atoms with E-state index in [0.29, 0.717) is 0 Å². The van der Waals surface area contributed by atoms with E-state index in [0.717, 1.165) is 41.6 Å². The summed E-state index contributed by atoms with van der Waals surface area (Å²) in [4.78, 5) is 22.0. The maximum atomic E-state index is 12.0. The Morgan fingerprint density at radius 2 is 2.33 bits per heavy atom. The number of aromatic amines is 1. The third-order valence-corrected chi connectivity index (χ3v) is 5.28. The number of hydrogen-bond acceptors (Lipinski definition) is 4. The van der Waals surface area contributed by atoms with Crippen LogP contribution in [0, 0.1) is 5.92 Å². The van der Waals surface area contributed by atoms with Crippen LogP contribution in [-0.2, 0) is 6.54 Å². The third-order valence-electron chi connectivity index (χ3n) is 4.37. The number of nitrogens with zero attached hydrogens (tertiary/aromatic N) is 2. The second-order valence-corrected chi connectivity index (χ2v) is 6.93. The summed E-state index contributed by atoms with van der Waals surface area (Å²) in [6, 6.07) is 1.93. The van der Waals surface area contributed by atoms with Crippen LogP contribution in [0.15, 0.2) is 16.2 Å². The summed E-state index contributed by atoms with van der Waals surface area (Å²) in [7, 11) is 0. The number of nitrogens with one attached hydrogen (secondary N) is 1. The molecule has 1 aliphatic heterocycles. The van der Waals surface area contributed by atoms with Gasteiger partial charge in [-0.2, -0.15) is 0 Å². The standard InChI is InChI=1S/C16H23N3OS/c1-2-4-12-5-3-8-19(9-6-12)11-14-17-13-7-10-21-15(13)16(20)18-14/h7,10,12H,2-6,8-9,11H2,1H3,(H,17,18,20). The summed E-state index contributed by atoms with van der Waals surface area (Å²) in [6.07, 6.45) is 6.52. The molecule has 0 radical (unpaired) electrons. The Hall–Kier alpha value is -1.20. The molecule has 114 valence electrons. The van der Waals surface area contributed by atoms with Crippen molar-refractivity contribution >= 4 is 21.6 Å². The SMILES string of the molecule is CCCC1CCCN(Cc2nc3ccsc3c(=O)[nH]2)CC1. The molecule has 1 aliphatic rings. The first-order valence-electron chi connectivity index (χ1n) is 7.95. The Bertz CT molecular complexity index is 648. The molecule has 2 aromatic heterocycles. The first-order chi connectivity index (χ1) is 10.3. The predicted molar refractivity (Wildman–Crippen MR) is 87.8 cm³/mol. The number of H-pyrrole nitrogens is 1. The van der Waals surface area contributed by atoms with Crippen molar-refractivity contribution in [2.24, 2.45) is 5.92 Å². The zero-order chi connectivity index (χ0) is 14.7. The lowest BCUT2D eigenvalue weighted by Gasteiger charge is -2.19. The van der Waals surface area contributed by atoms with Gasteiger partial charge in [-0.15, -0.1) is 11.3 Å². The number of likely N-dealkylation sites (tertiary alicyclic amines) is 1. The molecule has 4 nitrogen and oxygen atoms in total. The molecule has 0 spiro atoms. The molecule has 2 aromatic rings. The van der Waals surface area contributed by atoms with Crippen molar-refractivity contribution in [2.75, 3.05) is 13.1 Å². The van der Waals surface area contributed by atoms with Crippen LogP contribution in [-0.4, -0.2) is 28.0 Å². The normalized spacial score (nSPS) is 20.7. The van der Waals surface area contributed by atoms with Gasteiger partial charge in [-0.05, 0) is 49.7 Å². The topological polar surface area (TPSA) is 49.0 Å². The summed E-state index contributed by atoms with van der Waals surface area (Å²) in [5.74, 6) is 1.69. The van der Waals surface area contributed by atoms with Gasteiger partial charge in [0.05, 0.1) is 12.1 Å². The zero-order valence-electron chi connectivity index (χ0n) is 12.6. The van der Waals surface area contributed by atoms with E-state index < -0.39 is 0 Å². The average molecular weight is 305 g/mol. The van der Waals surface area contributed by atoms with Gasteiger partial charge < -0.3 is 4.98 Å². The molecule has 21 heavy (non-hydrogen) atoms. The van der Waals surface area contributed by atoms with Crippen molar-refractivity contribution in [3.8, 4) is 0 Å². The molecule has 0 aliphatic carbocycles. The van der Waals surface area contributed by atoms with Crippen LogP contribution in [0.1, 0.15) is 44.9 Å². The molecule has 1 saturated heterocycles. The van der Waals surface area contributed by atoms with E-state index in [4.69, 9.17) is 0 Å². The Balaban J connectivity index is 1.68. The van der Waals surface area contributed by atoms with Crippen LogP contribution in [0.2, 0.25) is 0 Å². The van der Waals surface area contributed by atoms with Gasteiger partial charge in [-0.3, -0.25) is 9.69 Å². The quantitative estimate of drug-likeness (QED) is 0.942. The van der Waals surface area contributed by atoms with Gasteiger partial charge >= 0.3 is 0 Å². The van der Waals surface area contributed by atoms with Crippen LogP contribution in [0.5, 0.6) is 0 Å². The van der Waals surface area contributed by atoms with Gasteiger partial charge in [0, 0.05) is 0 Å². The van der Waals surface area contributed by atoms with Gasteiger partial charge in [-0.1, -0.05) is 19.8 Å². The van der Waals surface area contributed by atoms with E-state index >= 15 is 0 Å². The molecule has 0 aromatic carbocycles. The number of hydrogen-bond donors (Lipinski definition) is 1. The molecule has 3 heterocycles. The van der Waals surface area contributed by atoms with Crippen molar-refractivity contribution in [2.45, 2.75) is 45.6 Å². The van der Waals surface area contributed by atoms with Crippen molar-refractivity contribution in [3.63, 3.8) is 0 Å². The number of fused-ring (bicyclic) bond motifs is 1. The van der Waals surface area contributed by atoms with E-state index in [2.05, 4.69) is 21.8 Å². The average Bonchev–Trinajstić information content (AvgIpc) is 2.83. The van der Waals surface area contributed by atoms with Gasteiger partial charge in [0.15, 0.2) is 0 Å². The molecule has 3 rings (SSSR count). The largest absolute Gasteiger partial charge is 0.308 e. The van der Waals surface area contributed by atoms with Crippen molar-refractivity contribution in [3.05, 3.63) is 27.6 Å². The fourth-order valence-corrected chi connectivity index (χ4v) is 4.01. The molecule has 1 fully saturated rings. The Morgan fingerprint density at radius 1 is 1.43 bits per heavy atom. The lowest BCUT2D eigenvalue weighted by atomic mass is 9.96. The second kappa shape index (κ2) is 6.71. The maximum absolute atomic E-state index is 12.0. The molecular formula is C16H23N3OS. The Morgan fingerprint density at radius 3 is 3.19 bits per heavy atom. The second-order valence-electron chi connectivity index (χ2n) is 6.01. The molecule has 0 saturated carbocycles. The highest BCUT2D eigenvalue weighted by molar-refractivity contribution is 7.17. The van der Waals surface area contributed by atoms with Crippen LogP contribution in [0.3, 0.4) is 0 Å². The Labute approximate surface area is 129 Å². The summed E-state index contributed by atoms with van der Waals surface area (Å²) in [5, 5.41) is 1.93. The predicted octanol–water partition coefficient (Wildman–Crippen LogP) is 3.39. The fraction of sp³-hybridized carbons (Fsp3) is 0.625. The van der Waals surface area contributed by atoms with E-state index in [-0.39, 0.29) is 5.56 Å². The first kappa shape index (κ1) is 14.7. The number of aromatic nitrogens is 2. The van der Waals surface area contributed by atoms with Crippen molar-refractivity contribution < 1.29 is 0 Å². The Kier molecular flexibility index (Phi) is 4.70. The minimum atomic E-state index is 0.00341. The monoisotopic (exact) mass is 305 g/mol. The number of thiophene rings is 1. The van der Waals surface area contributed by atoms with Crippen LogP contribution in [0.4, 0.5) is 0 Å². The van der Waals surface area contributed by atoms with Crippen molar-refractivity contribution in [1.29, 1.82) is 0 Å². The molecule has 0 amide bonds. The van der Waals surface area contributed by atoms with E-state index in [9.17, 15) is 4.79 Å². The smallest absolute Gasteiger partial charge is 0.268 e. The van der Waals surface area contributed by atoms with Crippen LogP contribution in [0.25, 0.3) is 10.2 Å². The lowest BCUT2D eigenvalue weighted by Crippen LogP contribution is -2.26. The van der Waals surface area contributed by atoms with E-state index in [1.807, 2.05) is 11.4 Å². The summed E-state index contributed by atoms with van der Waals surface area (Å²) >= 11 is 1.46. The third kappa shape index (κ3) is 3.52. The molecule has 1 unspecified atom stereocenters. The number of rotatable bonds is 4. The first-order valence-corrected chi connectivity index (χ1v) is 8.83. The minimum Gasteiger partial charge on any atom is -0.308 e. The highest BCUT2D eigenvalue weighted by atomic mass is 32.1. The molecule has 0 bridgehead atoms. The van der Waals surface area contributed by atoms with Crippen LogP contribution < -0.4 is 5.56 Å². The van der Waals surface area contributed by atoms with Crippen LogP contribution >= 0.6 is 11.3 Å². The summed E-state index contributed by atoms with van der Waals surface area (Å²) < 4.78 is 0.734. The summed E-state index contributed by atoms with van der Waals surface area (Å²) in [6.45, 7) is 5.27.